The number of thiophene rings is 1. The van der Waals surface area contributed by atoms with Crippen LogP contribution in [0.1, 0.15) is 48.7 Å². The molecule has 3 heterocycles. The van der Waals surface area contributed by atoms with Crippen LogP contribution in [-0.4, -0.2) is 60.7 Å². The van der Waals surface area contributed by atoms with Crippen LogP contribution >= 0.6 is 11.3 Å². The molecule has 0 radical (unpaired) electrons. The largest absolute Gasteiger partial charge is 0.339 e. The number of carbonyl (C=O) groups is 2. The van der Waals surface area contributed by atoms with Crippen molar-refractivity contribution in [1.82, 2.24) is 9.21 Å². The summed E-state index contributed by atoms with van der Waals surface area (Å²) in [5.74, 6) is 0.175. The molecule has 2 aliphatic rings. The number of sulfonamides is 1. The van der Waals surface area contributed by atoms with Crippen LogP contribution in [0.25, 0.3) is 0 Å². The lowest BCUT2D eigenvalue weighted by Crippen LogP contribution is -2.46. The topological polar surface area (TPSA) is 74.8 Å². The molecule has 6 nitrogen and oxygen atoms in total. The molecule has 3 rings (SSSR count). The molecule has 0 saturated carbocycles. The molecule has 0 aromatic carbocycles. The molecular weight excluding hydrogens is 372 g/mol. The molecule has 0 aliphatic carbocycles. The van der Waals surface area contributed by atoms with E-state index < -0.39 is 10.0 Å². The first-order chi connectivity index (χ1) is 12.4. The van der Waals surface area contributed by atoms with Crippen LogP contribution in [0, 0.1) is 5.92 Å². The van der Waals surface area contributed by atoms with Crippen LogP contribution in [0.15, 0.2) is 17.5 Å². The van der Waals surface area contributed by atoms with Gasteiger partial charge in [-0.25, -0.2) is 12.7 Å². The first-order valence-corrected chi connectivity index (χ1v) is 11.8. The second-order valence-electron chi connectivity index (χ2n) is 7.01. The molecule has 1 aromatic rings. The molecule has 0 bridgehead atoms. The Morgan fingerprint density at radius 3 is 2.54 bits per heavy atom. The molecule has 2 saturated heterocycles. The third-order valence-electron chi connectivity index (χ3n) is 5.44. The smallest absolute Gasteiger partial charge is 0.226 e. The third kappa shape index (κ3) is 4.18. The number of hydrogen-bond donors (Lipinski definition) is 0. The number of Topliss-reactive ketones (excluding diaryl/α,β-unsaturated/α-hetero) is 1. The fourth-order valence-electron chi connectivity index (χ4n) is 3.89. The van der Waals surface area contributed by atoms with Gasteiger partial charge in [0, 0.05) is 38.0 Å². The maximum Gasteiger partial charge on any atom is 0.226 e. The van der Waals surface area contributed by atoms with Gasteiger partial charge in [-0.1, -0.05) is 6.07 Å². The van der Waals surface area contributed by atoms with Crippen molar-refractivity contribution in [1.29, 1.82) is 0 Å². The van der Waals surface area contributed by atoms with E-state index in [1.165, 1.54) is 15.6 Å². The quantitative estimate of drug-likeness (QED) is 0.690. The van der Waals surface area contributed by atoms with Gasteiger partial charge in [-0.2, -0.15) is 0 Å². The highest BCUT2D eigenvalue weighted by molar-refractivity contribution is 7.89. The van der Waals surface area contributed by atoms with Crippen LogP contribution in [0.4, 0.5) is 0 Å². The van der Waals surface area contributed by atoms with Crippen molar-refractivity contribution < 1.29 is 18.0 Å². The van der Waals surface area contributed by atoms with Crippen LogP contribution < -0.4 is 0 Å². The predicted octanol–water partition coefficient (Wildman–Crippen LogP) is 2.37. The van der Waals surface area contributed by atoms with Gasteiger partial charge in [0.1, 0.15) is 0 Å². The van der Waals surface area contributed by atoms with Gasteiger partial charge < -0.3 is 4.90 Å². The monoisotopic (exact) mass is 398 g/mol. The Labute approximate surface area is 159 Å². The Hall–Kier alpha value is -1.25. The minimum Gasteiger partial charge on any atom is -0.339 e. The Morgan fingerprint density at radius 2 is 1.92 bits per heavy atom. The van der Waals surface area contributed by atoms with Crippen molar-refractivity contribution in [3.05, 3.63) is 22.4 Å². The summed E-state index contributed by atoms with van der Waals surface area (Å²) in [5.41, 5.74) is 0. The highest BCUT2D eigenvalue weighted by Gasteiger charge is 2.37. The van der Waals surface area contributed by atoms with Crippen molar-refractivity contribution >= 4 is 33.1 Å². The first kappa shape index (κ1) is 19.5. The fraction of sp³-hybridized carbons (Fsp3) is 0.667. The molecule has 0 spiro atoms. The molecule has 8 heteroatoms. The molecule has 2 aliphatic heterocycles. The summed E-state index contributed by atoms with van der Waals surface area (Å²) in [7, 11) is -3.18. The summed E-state index contributed by atoms with van der Waals surface area (Å²) >= 11 is 1.44. The van der Waals surface area contributed by atoms with Gasteiger partial charge in [-0.3, -0.25) is 9.59 Å². The van der Waals surface area contributed by atoms with Gasteiger partial charge in [0.15, 0.2) is 5.78 Å². The van der Waals surface area contributed by atoms with Crippen LogP contribution in [-0.2, 0) is 14.8 Å². The summed E-state index contributed by atoms with van der Waals surface area (Å²) in [5, 5.41) is 1.89. The summed E-state index contributed by atoms with van der Waals surface area (Å²) in [6.45, 7) is 3.18. The lowest BCUT2D eigenvalue weighted by molar-refractivity contribution is -0.137. The van der Waals surface area contributed by atoms with Crippen molar-refractivity contribution in [3.8, 4) is 0 Å². The van der Waals surface area contributed by atoms with E-state index in [-0.39, 0.29) is 29.4 Å². The average Bonchev–Trinajstić information content (AvgIpc) is 3.33. The molecule has 144 valence electrons. The molecule has 1 atom stereocenters. The summed E-state index contributed by atoms with van der Waals surface area (Å²) in [6, 6.07) is 3.68. The Kier molecular flexibility index (Phi) is 6.14. The van der Waals surface area contributed by atoms with E-state index in [0.717, 1.165) is 17.7 Å². The number of ketones is 1. The number of nitrogens with zero attached hydrogens (tertiary/aromatic N) is 2. The standard InChI is InChI=1S/C18H26N2O4S2/c1-2-26(23,24)19-10-7-14(8-11-19)18(22)20-9-3-5-15(20)13-16(21)17-6-4-12-25-17/h4,6,12,14-15H,2-3,5,7-11,13H2,1H3. The van der Waals surface area contributed by atoms with Crippen molar-refractivity contribution in [3.63, 3.8) is 0 Å². The van der Waals surface area contributed by atoms with Gasteiger partial charge in [0.05, 0.1) is 10.6 Å². The highest BCUT2D eigenvalue weighted by Crippen LogP contribution is 2.28. The maximum absolute atomic E-state index is 13.0. The van der Waals surface area contributed by atoms with Crippen molar-refractivity contribution in [2.24, 2.45) is 5.92 Å². The second-order valence-corrected chi connectivity index (χ2v) is 10.2. The lowest BCUT2D eigenvalue weighted by atomic mass is 9.95. The lowest BCUT2D eigenvalue weighted by Gasteiger charge is -2.34. The number of likely N-dealkylation sites (tertiary alicyclic amines) is 1. The molecule has 2 fully saturated rings. The molecule has 1 aromatic heterocycles. The third-order valence-corrected chi connectivity index (χ3v) is 8.23. The highest BCUT2D eigenvalue weighted by atomic mass is 32.2. The van der Waals surface area contributed by atoms with E-state index in [1.54, 1.807) is 6.92 Å². The van der Waals surface area contributed by atoms with Gasteiger partial charge in [-0.05, 0) is 44.1 Å². The Balaban J connectivity index is 1.58. The molecule has 1 amide bonds. The molecule has 26 heavy (non-hydrogen) atoms. The van der Waals surface area contributed by atoms with Crippen LogP contribution in [0.5, 0.6) is 0 Å². The number of amides is 1. The van der Waals surface area contributed by atoms with Crippen molar-refractivity contribution in [2.75, 3.05) is 25.4 Å². The zero-order valence-corrected chi connectivity index (χ0v) is 16.7. The fourth-order valence-corrected chi connectivity index (χ4v) is 5.70. The van der Waals surface area contributed by atoms with Crippen LogP contribution in [0.2, 0.25) is 0 Å². The summed E-state index contributed by atoms with van der Waals surface area (Å²) in [6.07, 6.45) is 3.32. The first-order valence-electron chi connectivity index (χ1n) is 9.27. The van der Waals surface area contributed by atoms with Crippen molar-refractivity contribution in [2.45, 2.75) is 45.1 Å². The number of carbonyl (C=O) groups excluding carboxylic acids is 2. The van der Waals surface area contributed by atoms with Gasteiger partial charge in [0.25, 0.3) is 0 Å². The van der Waals surface area contributed by atoms with E-state index in [2.05, 4.69) is 0 Å². The van der Waals surface area contributed by atoms with E-state index in [0.29, 0.717) is 38.9 Å². The molecule has 1 unspecified atom stereocenters. The minimum absolute atomic E-state index is 0.0190. The zero-order chi connectivity index (χ0) is 18.7. The van der Waals surface area contributed by atoms with E-state index in [1.807, 2.05) is 22.4 Å². The normalized spacial score (nSPS) is 22.7. The Morgan fingerprint density at radius 1 is 1.19 bits per heavy atom. The molecule has 0 N–H and O–H groups in total. The molecular formula is C18H26N2O4S2. The second kappa shape index (κ2) is 8.19. The van der Waals surface area contributed by atoms with E-state index >= 15 is 0 Å². The van der Waals surface area contributed by atoms with E-state index in [4.69, 9.17) is 0 Å². The van der Waals surface area contributed by atoms with Gasteiger partial charge >= 0.3 is 0 Å². The number of rotatable bonds is 6. The van der Waals surface area contributed by atoms with E-state index in [9.17, 15) is 18.0 Å². The van der Waals surface area contributed by atoms with Gasteiger partial charge in [-0.15, -0.1) is 11.3 Å². The zero-order valence-electron chi connectivity index (χ0n) is 15.1. The summed E-state index contributed by atoms with van der Waals surface area (Å²) < 4.78 is 25.4. The SMILES string of the molecule is CCS(=O)(=O)N1CCC(C(=O)N2CCCC2CC(=O)c2cccs2)CC1. The Bertz CT molecular complexity index is 737. The number of hydrogen-bond acceptors (Lipinski definition) is 5. The predicted molar refractivity (Wildman–Crippen MR) is 102 cm³/mol. The van der Waals surface area contributed by atoms with Gasteiger partial charge in [0.2, 0.25) is 15.9 Å². The summed E-state index contributed by atoms with van der Waals surface area (Å²) in [4.78, 5) is 28.0. The maximum atomic E-state index is 13.0. The minimum atomic E-state index is -3.18. The number of piperidine rings is 1. The van der Waals surface area contributed by atoms with Crippen LogP contribution in [0.3, 0.4) is 0 Å². The average molecular weight is 399 g/mol.